The van der Waals surface area contributed by atoms with E-state index in [4.69, 9.17) is 0 Å². The molecule has 1 amide bonds. The van der Waals surface area contributed by atoms with Crippen LogP contribution in [-0.2, 0) is 24.1 Å². The van der Waals surface area contributed by atoms with E-state index < -0.39 is 18.0 Å². The average Bonchev–Trinajstić information content (AvgIpc) is 3.11. The Bertz CT molecular complexity index is 843. The van der Waals surface area contributed by atoms with Crippen LogP contribution in [0.15, 0.2) is 4.47 Å². The molecule has 0 radical (unpaired) electrons. The second-order valence-electron chi connectivity index (χ2n) is 6.25. The van der Waals surface area contributed by atoms with Gasteiger partial charge in [0.2, 0.25) is 11.7 Å². The molecule has 0 aromatic carbocycles. The molecule has 26 heavy (non-hydrogen) atoms. The number of fused-ring (bicyclic) bond motifs is 1. The highest BCUT2D eigenvalue weighted by Gasteiger charge is 2.41. The van der Waals surface area contributed by atoms with Gasteiger partial charge in [0.15, 0.2) is 5.82 Å². The van der Waals surface area contributed by atoms with E-state index in [-0.39, 0.29) is 31.2 Å². The van der Waals surface area contributed by atoms with Crippen molar-refractivity contribution in [2.75, 3.05) is 6.54 Å². The highest BCUT2D eigenvalue weighted by Crippen LogP contribution is 2.32. The highest BCUT2D eigenvalue weighted by atomic mass is 79.9. The van der Waals surface area contributed by atoms with Gasteiger partial charge >= 0.3 is 6.18 Å². The van der Waals surface area contributed by atoms with Gasteiger partial charge in [0, 0.05) is 25.2 Å². The summed E-state index contributed by atoms with van der Waals surface area (Å²) in [6.07, 6.45) is -4.35. The van der Waals surface area contributed by atoms with Gasteiger partial charge in [-0.05, 0) is 36.7 Å². The number of halogens is 4. The van der Waals surface area contributed by atoms with E-state index in [0.717, 1.165) is 20.4 Å². The predicted molar refractivity (Wildman–Crippen MR) is 89.2 cm³/mol. The molecule has 0 saturated heterocycles. The Balaban J connectivity index is 1.71. The molecule has 0 aliphatic carbocycles. The van der Waals surface area contributed by atoms with Gasteiger partial charge < -0.3 is 9.47 Å². The molecule has 1 atom stereocenters. The van der Waals surface area contributed by atoms with Gasteiger partial charge in [-0.25, -0.2) is 0 Å². The number of rotatable bonds is 3. The van der Waals surface area contributed by atoms with Crippen LogP contribution in [0.25, 0.3) is 0 Å². The summed E-state index contributed by atoms with van der Waals surface area (Å²) in [7, 11) is 0. The van der Waals surface area contributed by atoms with Crippen molar-refractivity contribution in [1.82, 2.24) is 29.4 Å². The van der Waals surface area contributed by atoms with Gasteiger partial charge in [-0.1, -0.05) is 0 Å². The monoisotopic (exact) mass is 434 g/mol. The number of carbonyl (C=O) groups excluding carboxylic acids is 1. The molecule has 142 valence electrons. The quantitative estimate of drug-likeness (QED) is 0.744. The Morgan fingerprint density at radius 3 is 2.54 bits per heavy atom. The number of carbonyl (C=O) groups is 1. The van der Waals surface area contributed by atoms with Crippen molar-refractivity contribution in [2.24, 2.45) is 0 Å². The van der Waals surface area contributed by atoms with Crippen LogP contribution in [0.3, 0.4) is 0 Å². The Morgan fingerprint density at radius 2 is 1.96 bits per heavy atom. The first-order valence-corrected chi connectivity index (χ1v) is 8.89. The fourth-order valence-electron chi connectivity index (χ4n) is 3.17. The minimum absolute atomic E-state index is 0.0265. The van der Waals surface area contributed by atoms with E-state index in [1.165, 1.54) is 0 Å². The predicted octanol–water partition coefficient (Wildman–Crippen LogP) is 2.87. The van der Waals surface area contributed by atoms with Gasteiger partial charge in [0.25, 0.3) is 0 Å². The molecule has 0 spiro atoms. The standard InChI is InChI=1S/C15H18BrF3N6O/c1-8-12(16)9(2)25(22-8)5-4-11(26)23-6-7-24-13(10(23)3)20-21-14(24)15(17,18)19/h10H,4-7H2,1-3H3. The van der Waals surface area contributed by atoms with E-state index >= 15 is 0 Å². The van der Waals surface area contributed by atoms with E-state index in [0.29, 0.717) is 6.54 Å². The van der Waals surface area contributed by atoms with Crippen LogP contribution < -0.4 is 0 Å². The minimum atomic E-state index is -4.56. The number of aryl methyl sites for hydroxylation is 2. The van der Waals surface area contributed by atoms with Crippen molar-refractivity contribution in [3.05, 3.63) is 27.5 Å². The molecule has 1 aliphatic rings. The minimum Gasteiger partial charge on any atom is -0.331 e. The van der Waals surface area contributed by atoms with E-state index in [1.807, 2.05) is 13.8 Å². The number of nitrogens with zero attached hydrogens (tertiary/aromatic N) is 6. The summed E-state index contributed by atoms with van der Waals surface area (Å²) in [4.78, 5) is 14.1. The number of hydrogen-bond acceptors (Lipinski definition) is 4. The summed E-state index contributed by atoms with van der Waals surface area (Å²) in [6, 6.07) is -0.563. The first-order chi connectivity index (χ1) is 12.1. The first-order valence-electron chi connectivity index (χ1n) is 8.10. The summed E-state index contributed by atoms with van der Waals surface area (Å²) in [5.41, 5.74) is 1.77. The van der Waals surface area contributed by atoms with Crippen molar-refractivity contribution in [3.8, 4) is 0 Å². The first kappa shape index (κ1) is 18.9. The molecule has 2 aromatic rings. The van der Waals surface area contributed by atoms with Crippen LogP contribution in [0.4, 0.5) is 13.2 Å². The van der Waals surface area contributed by atoms with Gasteiger partial charge in [0.1, 0.15) is 0 Å². The molecule has 0 bridgehead atoms. The fourth-order valence-corrected chi connectivity index (χ4v) is 3.46. The zero-order valence-corrected chi connectivity index (χ0v) is 16.1. The molecule has 1 aliphatic heterocycles. The van der Waals surface area contributed by atoms with Crippen LogP contribution in [0, 0.1) is 13.8 Å². The highest BCUT2D eigenvalue weighted by molar-refractivity contribution is 9.10. The molecular formula is C15H18BrF3N6O. The Kier molecular flexibility index (Phi) is 4.84. The molecule has 2 aromatic heterocycles. The number of aromatic nitrogens is 5. The van der Waals surface area contributed by atoms with Crippen molar-refractivity contribution in [1.29, 1.82) is 0 Å². The van der Waals surface area contributed by atoms with Crippen LogP contribution >= 0.6 is 15.9 Å². The lowest BCUT2D eigenvalue weighted by Crippen LogP contribution is -2.42. The largest absolute Gasteiger partial charge is 0.451 e. The van der Waals surface area contributed by atoms with Crippen molar-refractivity contribution in [2.45, 2.75) is 52.5 Å². The van der Waals surface area contributed by atoms with Crippen molar-refractivity contribution >= 4 is 21.8 Å². The van der Waals surface area contributed by atoms with E-state index in [2.05, 4.69) is 31.2 Å². The summed E-state index contributed by atoms with van der Waals surface area (Å²) in [6.45, 7) is 6.05. The number of hydrogen-bond donors (Lipinski definition) is 0. The maximum atomic E-state index is 13.0. The Hall–Kier alpha value is -1.91. The maximum absolute atomic E-state index is 13.0. The molecule has 1 unspecified atom stereocenters. The van der Waals surface area contributed by atoms with Crippen LogP contribution in [0.2, 0.25) is 0 Å². The molecular weight excluding hydrogens is 417 g/mol. The summed E-state index contributed by atoms with van der Waals surface area (Å²) >= 11 is 3.44. The van der Waals surface area contributed by atoms with Crippen LogP contribution in [0.1, 0.15) is 42.4 Å². The fraction of sp³-hybridized carbons (Fsp3) is 0.600. The smallest absolute Gasteiger partial charge is 0.331 e. The normalized spacial score (nSPS) is 17.5. The van der Waals surface area contributed by atoms with Gasteiger partial charge in [-0.15, -0.1) is 10.2 Å². The zero-order chi connectivity index (χ0) is 19.2. The molecule has 0 saturated carbocycles. The lowest BCUT2D eigenvalue weighted by Gasteiger charge is -2.34. The summed E-state index contributed by atoms with van der Waals surface area (Å²) in [5.74, 6) is -1.01. The number of alkyl halides is 3. The maximum Gasteiger partial charge on any atom is 0.451 e. The van der Waals surface area contributed by atoms with Crippen molar-refractivity contribution in [3.63, 3.8) is 0 Å². The molecule has 3 heterocycles. The second kappa shape index (κ2) is 6.67. The second-order valence-corrected chi connectivity index (χ2v) is 7.05. The average molecular weight is 435 g/mol. The van der Waals surface area contributed by atoms with Crippen molar-refractivity contribution < 1.29 is 18.0 Å². The Morgan fingerprint density at radius 1 is 1.27 bits per heavy atom. The SMILES string of the molecule is Cc1nn(CCC(=O)N2CCn3c(nnc3C(F)(F)F)C2C)c(C)c1Br. The topological polar surface area (TPSA) is 68.8 Å². The van der Waals surface area contributed by atoms with E-state index in [1.54, 1.807) is 16.5 Å². The van der Waals surface area contributed by atoms with Gasteiger partial charge in [-0.3, -0.25) is 9.48 Å². The van der Waals surface area contributed by atoms with Gasteiger partial charge in [-0.2, -0.15) is 18.3 Å². The molecule has 3 rings (SSSR count). The molecule has 0 fully saturated rings. The zero-order valence-electron chi connectivity index (χ0n) is 14.5. The van der Waals surface area contributed by atoms with E-state index in [9.17, 15) is 18.0 Å². The van der Waals surface area contributed by atoms with Crippen LogP contribution in [0.5, 0.6) is 0 Å². The lowest BCUT2D eigenvalue weighted by atomic mass is 10.2. The Labute approximate surface area is 156 Å². The third kappa shape index (κ3) is 3.24. The summed E-state index contributed by atoms with van der Waals surface area (Å²) < 4.78 is 42.6. The van der Waals surface area contributed by atoms with Gasteiger partial charge in [0.05, 0.1) is 22.8 Å². The third-order valence-corrected chi connectivity index (χ3v) is 5.74. The lowest BCUT2D eigenvalue weighted by molar-refractivity contribution is -0.148. The third-order valence-electron chi connectivity index (χ3n) is 4.59. The van der Waals surface area contributed by atoms with Crippen LogP contribution in [-0.4, -0.2) is 41.9 Å². The molecule has 7 nitrogen and oxygen atoms in total. The molecule has 0 N–H and O–H groups in total. The molecule has 11 heteroatoms. The number of amides is 1. The summed E-state index contributed by atoms with van der Waals surface area (Å²) in [5, 5.41) is 11.3.